The van der Waals surface area contributed by atoms with E-state index < -0.39 is 0 Å². The highest BCUT2D eigenvalue weighted by Crippen LogP contribution is 2.43. The molecule has 1 amide bonds. The molecule has 5 rings (SSSR count). The minimum Gasteiger partial charge on any atom is -0.302 e. The van der Waals surface area contributed by atoms with E-state index in [1.807, 2.05) is 65.6 Å². The van der Waals surface area contributed by atoms with Gasteiger partial charge in [0.15, 0.2) is 0 Å². The van der Waals surface area contributed by atoms with Gasteiger partial charge in [-0.1, -0.05) is 66.4 Å². The number of hydrogen-bond donors (Lipinski definition) is 0. The second-order valence-electron chi connectivity index (χ2n) is 6.57. The number of anilines is 1. The van der Waals surface area contributed by atoms with Gasteiger partial charge in [-0.25, -0.2) is 0 Å². The number of para-hydroxylation sites is 2. The van der Waals surface area contributed by atoms with Gasteiger partial charge in [-0.3, -0.25) is 4.79 Å². The fraction of sp³-hybridized carbons (Fsp3) is 0.143. The Balaban J connectivity index is 1.39. The Labute approximate surface area is 176 Å². The first-order valence-electron chi connectivity index (χ1n) is 9.20. The quantitative estimate of drug-likeness (QED) is 0.600. The van der Waals surface area contributed by atoms with Crippen LogP contribution in [0.25, 0.3) is 5.69 Å². The fourth-order valence-corrected chi connectivity index (χ4v) is 5.49. The molecule has 0 N–H and O–H groups in total. The van der Waals surface area contributed by atoms with Gasteiger partial charge in [-0.15, -0.1) is 16.9 Å². The van der Waals surface area contributed by atoms with Crippen LogP contribution in [0, 0.1) is 0 Å². The number of carbonyl (C=O) groups is 1. The van der Waals surface area contributed by atoms with Gasteiger partial charge in [0.25, 0.3) is 0 Å². The molecule has 0 spiro atoms. The van der Waals surface area contributed by atoms with Gasteiger partial charge in [0.2, 0.25) is 11.1 Å². The van der Waals surface area contributed by atoms with Crippen molar-refractivity contribution in [1.82, 2.24) is 20.2 Å². The zero-order chi connectivity index (χ0) is 19.6. The van der Waals surface area contributed by atoms with Gasteiger partial charge < -0.3 is 4.90 Å². The lowest BCUT2D eigenvalue weighted by Gasteiger charge is -2.40. The van der Waals surface area contributed by atoms with Crippen LogP contribution >= 0.6 is 23.5 Å². The third-order valence-electron chi connectivity index (χ3n) is 4.78. The molecule has 1 aromatic heterocycles. The highest BCUT2D eigenvalue weighted by atomic mass is 32.2. The molecular formula is C21H17N5OS2. The minimum absolute atomic E-state index is 0.0121. The second kappa shape index (κ2) is 7.88. The molecule has 2 aliphatic rings. The minimum atomic E-state index is 0.0121. The molecule has 144 valence electrons. The number of tetrazole rings is 1. The van der Waals surface area contributed by atoms with E-state index in [-0.39, 0.29) is 23.0 Å². The van der Waals surface area contributed by atoms with Crippen LogP contribution in [0.3, 0.4) is 0 Å². The van der Waals surface area contributed by atoms with Gasteiger partial charge >= 0.3 is 0 Å². The average Bonchev–Trinajstić information content (AvgIpc) is 3.25. The molecule has 0 radical (unpaired) electrons. The molecule has 6 nitrogen and oxygen atoms in total. The summed E-state index contributed by atoms with van der Waals surface area (Å²) in [6.45, 7) is 0. The molecule has 2 aromatic carbocycles. The van der Waals surface area contributed by atoms with E-state index in [0.29, 0.717) is 5.16 Å². The summed E-state index contributed by atoms with van der Waals surface area (Å²) in [7, 11) is 0. The molecule has 1 aliphatic carbocycles. The molecular weight excluding hydrogens is 402 g/mol. The molecule has 29 heavy (non-hydrogen) atoms. The Hall–Kier alpha value is -2.84. The highest BCUT2D eigenvalue weighted by Gasteiger charge is 2.36. The van der Waals surface area contributed by atoms with Crippen molar-refractivity contribution < 1.29 is 4.79 Å². The number of carbonyl (C=O) groups excluding carboxylic acids is 1. The summed E-state index contributed by atoms with van der Waals surface area (Å²) in [4.78, 5) is 16.4. The highest BCUT2D eigenvalue weighted by molar-refractivity contribution is 8.00. The van der Waals surface area contributed by atoms with Crippen molar-refractivity contribution >= 4 is 35.1 Å². The van der Waals surface area contributed by atoms with E-state index in [2.05, 4.69) is 33.7 Å². The molecule has 1 aliphatic heterocycles. The molecule has 0 fully saturated rings. The number of fused-ring (bicyclic) bond motifs is 2. The number of nitrogens with zero attached hydrogens (tertiary/aromatic N) is 5. The SMILES string of the molecule is O=C(CSc1nnnn1-c1ccccc1)N1c2ccccc2S[C@H]2C=CC=C[C@@H]21. The van der Waals surface area contributed by atoms with E-state index in [1.165, 1.54) is 11.8 Å². The molecule has 0 unspecified atom stereocenters. The van der Waals surface area contributed by atoms with Gasteiger partial charge in [-0.05, 0) is 34.7 Å². The van der Waals surface area contributed by atoms with Crippen molar-refractivity contribution in [1.29, 1.82) is 0 Å². The summed E-state index contributed by atoms with van der Waals surface area (Å²) in [5, 5.41) is 12.8. The lowest BCUT2D eigenvalue weighted by Crippen LogP contribution is -2.48. The number of allylic oxidation sites excluding steroid dienone is 2. The largest absolute Gasteiger partial charge is 0.302 e. The number of rotatable bonds is 4. The number of thioether (sulfide) groups is 2. The maximum atomic E-state index is 13.3. The van der Waals surface area contributed by atoms with Gasteiger partial charge in [-0.2, -0.15) is 4.68 Å². The predicted octanol–water partition coefficient (Wildman–Crippen LogP) is 3.76. The predicted molar refractivity (Wildman–Crippen MR) is 116 cm³/mol. The molecule has 0 bridgehead atoms. The Kier molecular flexibility index (Phi) is 4.95. The second-order valence-corrected chi connectivity index (χ2v) is 8.73. The van der Waals surface area contributed by atoms with E-state index in [9.17, 15) is 4.79 Å². The van der Waals surface area contributed by atoms with E-state index in [1.54, 1.807) is 16.4 Å². The first-order valence-corrected chi connectivity index (χ1v) is 11.1. The van der Waals surface area contributed by atoms with Crippen LogP contribution in [0.1, 0.15) is 0 Å². The lowest BCUT2D eigenvalue weighted by molar-refractivity contribution is -0.116. The summed E-state index contributed by atoms with van der Waals surface area (Å²) in [5.41, 5.74) is 1.83. The molecule has 0 saturated heterocycles. The van der Waals surface area contributed by atoms with Crippen LogP contribution in [0.4, 0.5) is 5.69 Å². The molecule has 3 aromatic rings. The number of hydrogen-bond acceptors (Lipinski definition) is 6. The first-order chi connectivity index (χ1) is 14.3. The number of aromatic nitrogens is 4. The summed E-state index contributed by atoms with van der Waals surface area (Å²) < 4.78 is 1.66. The van der Waals surface area contributed by atoms with Crippen LogP contribution in [-0.2, 0) is 4.79 Å². The Morgan fingerprint density at radius 2 is 1.83 bits per heavy atom. The molecule has 8 heteroatoms. The van der Waals surface area contributed by atoms with Crippen molar-refractivity contribution in [3.05, 3.63) is 78.9 Å². The third kappa shape index (κ3) is 3.49. The van der Waals surface area contributed by atoms with E-state index >= 15 is 0 Å². The summed E-state index contributed by atoms with van der Waals surface area (Å²) >= 11 is 3.15. The zero-order valence-electron chi connectivity index (χ0n) is 15.3. The maximum Gasteiger partial charge on any atom is 0.238 e. The Bertz CT molecular complexity index is 1100. The Morgan fingerprint density at radius 1 is 1.03 bits per heavy atom. The third-order valence-corrected chi connectivity index (χ3v) is 6.99. The zero-order valence-corrected chi connectivity index (χ0v) is 17.0. The molecule has 2 heterocycles. The van der Waals surface area contributed by atoms with Crippen molar-refractivity contribution in [2.24, 2.45) is 0 Å². The van der Waals surface area contributed by atoms with Crippen LogP contribution in [-0.4, -0.2) is 43.2 Å². The fourth-order valence-electron chi connectivity index (χ4n) is 3.48. The maximum absolute atomic E-state index is 13.3. The Morgan fingerprint density at radius 3 is 2.72 bits per heavy atom. The molecule has 0 saturated carbocycles. The smallest absolute Gasteiger partial charge is 0.238 e. The molecule has 2 atom stereocenters. The lowest BCUT2D eigenvalue weighted by atomic mass is 10.0. The average molecular weight is 420 g/mol. The van der Waals surface area contributed by atoms with Crippen molar-refractivity contribution in [3.63, 3.8) is 0 Å². The normalized spacial score (nSPS) is 19.7. The van der Waals surface area contributed by atoms with Gasteiger partial charge in [0.1, 0.15) is 0 Å². The van der Waals surface area contributed by atoms with Crippen molar-refractivity contribution in [2.75, 3.05) is 10.7 Å². The monoisotopic (exact) mass is 419 g/mol. The van der Waals surface area contributed by atoms with Crippen molar-refractivity contribution in [3.8, 4) is 5.69 Å². The number of benzene rings is 2. The van der Waals surface area contributed by atoms with Crippen LogP contribution < -0.4 is 4.90 Å². The van der Waals surface area contributed by atoms with E-state index in [0.717, 1.165) is 16.3 Å². The summed E-state index contributed by atoms with van der Waals surface area (Å²) in [6, 6.07) is 17.8. The van der Waals surface area contributed by atoms with Gasteiger partial charge in [0, 0.05) is 4.90 Å². The summed E-state index contributed by atoms with van der Waals surface area (Å²) in [5.74, 6) is 0.299. The number of amides is 1. The van der Waals surface area contributed by atoms with E-state index in [4.69, 9.17) is 0 Å². The first kappa shape index (κ1) is 18.2. The van der Waals surface area contributed by atoms with Crippen LogP contribution in [0.2, 0.25) is 0 Å². The van der Waals surface area contributed by atoms with Crippen LogP contribution in [0.15, 0.2) is 89.0 Å². The van der Waals surface area contributed by atoms with Crippen LogP contribution in [0.5, 0.6) is 0 Å². The standard InChI is InChI=1S/C21H17N5OS2/c27-20(14-28-21-22-23-24-26(21)15-8-2-1-3-9-15)25-16-10-4-6-12-18(16)29-19-13-7-5-11-17(19)25/h1-13,16,18H,14H2/t16-,18-/m0/s1. The van der Waals surface area contributed by atoms with Crippen molar-refractivity contribution in [2.45, 2.75) is 21.3 Å². The summed E-state index contributed by atoms with van der Waals surface area (Å²) in [6.07, 6.45) is 8.32. The topological polar surface area (TPSA) is 63.9 Å². The van der Waals surface area contributed by atoms with Gasteiger partial charge in [0.05, 0.1) is 28.4 Å².